The van der Waals surface area contributed by atoms with Gasteiger partial charge < -0.3 is 0 Å². The maximum absolute atomic E-state index is 10.4. The summed E-state index contributed by atoms with van der Waals surface area (Å²) in [7, 11) is 0. The molecule has 1 heterocycles. The lowest BCUT2D eigenvalue weighted by atomic mass is 10.4. The maximum Gasteiger partial charge on any atom is 0.169 e. The Hall–Kier alpha value is -0.830. The van der Waals surface area contributed by atoms with Crippen LogP contribution in [0.2, 0.25) is 5.02 Å². The predicted molar refractivity (Wildman–Crippen MR) is 42.9 cm³/mol. The van der Waals surface area contributed by atoms with Gasteiger partial charge in [0, 0.05) is 6.54 Å². The van der Waals surface area contributed by atoms with Crippen molar-refractivity contribution >= 4 is 17.9 Å². The van der Waals surface area contributed by atoms with Crippen LogP contribution in [0.25, 0.3) is 0 Å². The van der Waals surface area contributed by atoms with Gasteiger partial charge in [0.2, 0.25) is 0 Å². The number of carbonyl (C=O) groups is 1. The number of rotatable bonds is 3. The molecule has 0 aliphatic rings. The summed E-state index contributed by atoms with van der Waals surface area (Å²) in [6.07, 6.45) is 3.16. The van der Waals surface area contributed by atoms with Crippen LogP contribution in [-0.2, 0) is 6.54 Å². The van der Waals surface area contributed by atoms with Crippen molar-refractivity contribution in [3.8, 4) is 0 Å². The Morgan fingerprint density at radius 1 is 1.82 bits per heavy atom. The van der Waals surface area contributed by atoms with Crippen molar-refractivity contribution in [2.45, 2.75) is 19.9 Å². The molecular weight excluding hydrogens is 164 g/mol. The predicted octanol–water partition coefficient (Wildman–Crippen LogP) is 1.76. The van der Waals surface area contributed by atoms with E-state index in [1.54, 1.807) is 4.68 Å². The lowest BCUT2D eigenvalue weighted by Gasteiger charge is -1.98. The highest BCUT2D eigenvalue weighted by molar-refractivity contribution is 6.32. The molecule has 11 heavy (non-hydrogen) atoms. The smallest absolute Gasteiger partial charge is 0.169 e. The highest BCUT2D eigenvalue weighted by Crippen LogP contribution is 2.12. The van der Waals surface area contributed by atoms with Crippen LogP contribution in [-0.4, -0.2) is 16.1 Å². The molecule has 1 aromatic rings. The first-order chi connectivity index (χ1) is 5.29. The first kappa shape index (κ1) is 8.27. The van der Waals surface area contributed by atoms with Crippen LogP contribution in [0.5, 0.6) is 0 Å². The van der Waals surface area contributed by atoms with Gasteiger partial charge in [-0.3, -0.25) is 9.48 Å². The number of aldehydes is 1. The average molecular weight is 173 g/mol. The third-order valence-electron chi connectivity index (χ3n) is 1.38. The van der Waals surface area contributed by atoms with E-state index in [0.717, 1.165) is 19.3 Å². The fraction of sp³-hybridized carbons (Fsp3) is 0.429. The monoisotopic (exact) mass is 172 g/mol. The van der Waals surface area contributed by atoms with E-state index in [1.807, 2.05) is 6.92 Å². The molecule has 0 aliphatic carbocycles. The van der Waals surface area contributed by atoms with Crippen LogP contribution in [0.1, 0.15) is 23.8 Å². The summed E-state index contributed by atoms with van der Waals surface area (Å²) < 4.78 is 1.61. The third-order valence-corrected chi connectivity index (χ3v) is 1.67. The average Bonchev–Trinajstić information content (AvgIpc) is 2.33. The quantitative estimate of drug-likeness (QED) is 0.652. The van der Waals surface area contributed by atoms with E-state index in [4.69, 9.17) is 11.6 Å². The van der Waals surface area contributed by atoms with Crippen LogP contribution >= 0.6 is 11.6 Å². The van der Waals surface area contributed by atoms with Crippen LogP contribution in [0.15, 0.2) is 6.20 Å². The molecular formula is C7H9ClN2O. The van der Waals surface area contributed by atoms with Crippen molar-refractivity contribution in [3.05, 3.63) is 16.9 Å². The highest BCUT2D eigenvalue weighted by atomic mass is 35.5. The summed E-state index contributed by atoms with van der Waals surface area (Å²) in [5.74, 6) is 0. The van der Waals surface area contributed by atoms with Gasteiger partial charge >= 0.3 is 0 Å². The normalized spacial score (nSPS) is 10.0. The molecule has 0 bridgehead atoms. The minimum Gasteiger partial charge on any atom is -0.296 e. The maximum atomic E-state index is 10.4. The number of aromatic nitrogens is 2. The number of hydrogen-bond donors (Lipinski definition) is 0. The van der Waals surface area contributed by atoms with Crippen LogP contribution in [0.3, 0.4) is 0 Å². The van der Waals surface area contributed by atoms with Crippen molar-refractivity contribution in [1.29, 1.82) is 0 Å². The van der Waals surface area contributed by atoms with Gasteiger partial charge in [-0.2, -0.15) is 5.10 Å². The second-order valence-electron chi connectivity index (χ2n) is 2.22. The van der Waals surface area contributed by atoms with Gasteiger partial charge in [0.1, 0.15) is 5.69 Å². The van der Waals surface area contributed by atoms with Gasteiger partial charge in [0.05, 0.1) is 11.2 Å². The van der Waals surface area contributed by atoms with Gasteiger partial charge in [-0.15, -0.1) is 0 Å². The summed E-state index contributed by atoms with van der Waals surface area (Å²) in [4.78, 5) is 10.4. The highest BCUT2D eigenvalue weighted by Gasteiger charge is 2.05. The van der Waals surface area contributed by atoms with Gasteiger partial charge in [-0.25, -0.2) is 0 Å². The van der Waals surface area contributed by atoms with Crippen molar-refractivity contribution in [1.82, 2.24) is 9.78 Å². The Balaban J connectivity index is 2.95. The summed E-state index contributed by atoms with van der Waals surface area (Å²) in [6.45, 7) is 2.75. The molecule has 0 radical (unpaired) electrons. The van der Waals surface area contributed by atoms with E-state index in [2.05, 4.69) is 5.10 Å². The van der Waals surface area contributed by atoms with E-state index in [9.17, 15) is 4.79 Å². The molecule has 0 aliphatic heterocycles. The van der Waals surface area contributed by atoms with Gasteiger partial charge in [-0.1, -0.05) is 18.5 Å². The third kappa shape index (κ3) is 1.60. The largest absolute Gasteiger partial charge is 0.296 e. The van der Waals surface area contributed by atoms with E-state index in [0.29, 0.717) is 10.7 Å². The number of nitrogens with zero attached hydrogens (tertiary/aromatic N) is 2. The topological polar surface area (TPSA) is 34.9 Å². The Labute approximate surface area is 70.0 Å². The minimum absolute atomic E-state index is 0.424. The molecule has 0 saturated carbocycles. The first-order valence-corrected chi connectivity index (χ1v) is 3.84. The zero-order valence-electron chi connectivity index (χ0n) is 6.25. The fourth-order valence-corrected chi connectivity index (χ4v) is 1.06. The second kappa shape index (κ2) is 3.53. The molecule has 0 atom stereocenters. The molecule has 0 aromatic carbocycles. The lowest BCUT2D eigenvalue weighted by Crippen LogP contribution is -2.03. The molecule has 1 rings (SSSR count). The summed E-state index contributed by atoms with van der Waals surface area (Å²) >= 11 is 5.67. The van der Waals surface area contributed by atoms with E-state index < -0.39 is 0 Å². The molecule has 1 aromatic heterocycles. The Bertz CT molecular complexity index is 257. The van der Waals surface area contributed by atoms with Crippen LogP contribution in [0, 0.1) is 0 Å². The molecule has 0 saturated heterocycles. The minimum atomic E-state index is 0.424. The fourth-order valence-electron chi connectivity index (χ4n) is 0.879. The van der Waals surface area contributed by atoms with Crippen molar-refractivity contribution < 1.29 is 4.79 Å². The van der Waals surface area contributed by atoms with Crippen molar-refractivity contribution in [3.63, 3.8) is 0 Å². The standard InChI is InChI=1S/C7H9ClN2O/c1-2-3-10-7(5-11)6(8)4-9-10/h4-5H,2-3H2,1H3. The van der Waals surface area contributed by atoms with E-state index >= 15 is 0 Å². The van der Waals surface area contributed by atoms with E-state index in [1.165, 1.54) is 6.20 Å². The van der Waals surface area contributed by atoms with Gasteiger partial charge in [0.25, 0.3) is 0 Å². The lowest BCUT2D eigenvalue weighted by molar-refractivity contribution is 0.111. The number of aryl methyl sites for hydroxylation is 1. The first-order valence-electron chi connectivity index (χ1n) is 3.46. The number of hydrogen-bond acceptors (Lipinski definition) is 2. The zero-order valence-corrected chi connectivity index (χ0v) is 7.01. The SMILES string of the molecule is CCCn1ncc(Cl)c1C=O. The molecule has 0 amide bonds. The molecule has 4 heteroatoms. The van der Waals surface area contributed by atoms with Crippen LogP contribution in [0.4, 0.5) is 0 Å². The molecule has 3 nitrogen and oxygen atoms in total. The molecule has 0 fully saturated rings. The van der Waals surface area contributed by atoms with E-state index in [-0.39, 0.29) is 0 Å². The number of halogens is 1. The summed E-state index contributed by atoms with van der Waals surface area (Å²) in [6, 6.07) is 0. The Morgan fingerprint density at radius 2 is 2.55 bits per heavy atom. The second-order valence-corrected chi connectivity index (χ2v) is 2.63. The summed E-state index contributed by atoms with van der Waals surface area (Å²) in [5, 5.41) is 4.35. The number of carbonyl (C=O) groups excluding carboxylic acids is 1. The molecule has 0 N–H and O–H groups in total. The van der Waals surface area contributed by atoms with Crippen molar-refractivity contribution in [2.75, 3.05) is 0 Å². The van der Waals surface area contributed by atoms with Crippen molar-refractivity contribution in [2.24, 2.45) is 0 Å². The van der Waals surface area contributed by atoms with Crippen LogP contribution < -0.4 is 0 Å². The zero-order chi connectivity index (χ0) is 8.27. The Morgan fingerprint density at radius 3 is 3.09 bits per heavy atom. The van der Waals surface area contributed by atoms with Gasteiger partial charge in [0.15, 0.2) is 6.29 Å². The Kier molecular flexibility index (Phi) is 2.65. The molecule has 0 spiro atoms. The molecule has 60 valence electrons. The van der Waals surface area contributed by atoms with Gasteiger partial charge in [-0.05, 0) is 6.42 Å². The molecule has 0 unspecified atom stereocenters. The summed E-state index contributed by atoms with van der Waals surface area (Å²) in [5.41, 5.74) is 0.466.